The van der Waals surface area contributed by atoms with E-state index in [2.05, 4.69) is 6.92 Å². The summed E-state index contributed by atoms with van der Waals surface area (Å²) < 4.78 is 40.0. The molecule has 0 aliphatic rings. The number of halogens is 3. The summed E-state index contributed by atoms with van der Waals surface area (Å²) in [5.41, 5.74) is -0.398. The number of unbranched alkanes of at least 4 members (excludes halogenated alkanes) is 4. The van der Waals surface area contributed by atoms with Crippen LogP contribution in [0.3, 0.4) is 0 Å². The summed E-state index contributed by atoms with van der Waals surface area (Å²) in [7, 11) is 0. The largest absolute Gasteiger partial charge is 0.339 e. The first-order chi connectivity index (χ1) is 10.5. The molecule has 2 nitrogen and oxygen atoms in total. The van der Waals surface area contributed by atoms with Crippen LogP contribution in [0.2, 0.25) is 0 Å². The van der Waals surface area contributed by atoms with E-state index in [-0.39, 0.29) is 0 Å². The van der Waals surface area contributed by atoms with Crippen molar-refractivity contribution in [2.24, 2.45) is 0 Å². The van der Waals surface area contributed by atoms with E-state index in [1.54, 1.807) is 0 Å². The summed E-state index contributed by atoms with van der Waals surface area (Å²) in [6.07, 6.45) is 5.68. The maximum absolute atomic E-state index is 13.8. The van der Waals surface area contributed by atoms with Crippen molar-refractivity contribution in [2.75, 3.05) is 13.1 Å². The topological polar surface area (TPSA) is 20.3 Å². The van der Waals surface area contributed by atoms with Gasteiger partial charge in [0.05, 0.1) is 5.56 Å². The molecule has 0 bridgehead atoms. The quantitative estimate of drug-likeness (QED) is 0.467. The van der Waals surface area contributed by atoms with Gasteiger partial charge in [0.15, 0.2) is 17.5 Å². The standard InChI is InChI=1S/C17H24F3NO/c1-3-5-7-8-12-21(11-6-4-2)17(22)13-9-10-14(18)16(20)15(13)19/h9-10H,3-8,11-12H2,1-2H3. The van der Waals surface area contributed by atoms with E-state index in [0.717, 1.165) is 50.7 Å². The van der Waals surface area contributed by atoms with Crippen LogP contribution in [-0.2, 0) is 0 Å². The Morgan fingerprint density at radius 2 is 1.55 bits per heavy atom. The Morgan fingerprint density at radius 1 is 0.909 bits per heavy atom. The SMILES string of the molecule is CCCCCCN(CCCC)C(=O)c1ccc(F)c(F)c1F. The van der Waals surface area contributed by atoms with Gasteiger partial charge in [-0.1, -0.05) is 39.5 Å². The monoisotopic (exact) mass is 315 g/mol. The van der Waals surface area contributed by atoms with E-state index in [4.69, 9.17) is 0 Å². The van der Waals surface area contributed by atoms with Crippen LogP contribution >= 0.6 is 0 Å². The smallest absolute Gasteiger partial charge is 0.256 e. The van der Waals surface area contributed by atoms with Crippen LogP contribution in [0, 0.1) is 17.5 Å². The van der Waals surface area contributed by atoms with Crippen LogP contribution in [0.5, 0.6) is 0 Å². The molecule has 1 aromatic rings. The fourth-order valence-corrected chi connectivity index (χ4v) is 2.25. The van der Waals surface area contributed by atoms with Crippen LogP contribution in [-0.4, -0.2) is 23.9 Å². The molecule has 124 valence electrons. The molecule has 0 aliphatic heterocycles. The molecule has 22 heavy (non-hydrogen) atoms. The Labute approximate surface area is 130 Å². The number of hydrogen-bond donors (Lipinski definition) is 0. The molecule has 5 heteroatoms. The number of carbonyl (C=O) groups is 1. The minimum Gasteiger partial charge on any atom is -0.339 e. The van der Waals surface area contributed by atoms with E-state index < -0.39 is 28.9 Å². The molecular weight excluding hydrogens is 291 g/mol. The first-order valence-electron chi connectivity index (χ1n) is 7.95. The fraction of sp³-hybridized carbons (Fsp3) is 0.588. The van der Waals surface area contributed by atoms with Gasteiger partial charge in [0.2, 0.25) is 0 Å². The summed E-state index contributed by atoms with van der Waals surface area (Å²) in [4.78, 5) is 13.9. The van der Waals surface area contributed by atoms with Gasteiger partial charge in [0, 0.05) is 13.1 Å². The number of amides is 1. The van der Waals surface area contributed by atoms with Gasteiger partial charge in [-0.05, 0) is 25.0 Å². The minimum atomic E-state index is -1.59. The normalized spacial score (nSPS) is 10.8. The molecule has 0 unspecified atom stereocenters. The van der Waals surface area contributed by atoms with Crippen molar-refractivity contribution in [3.05, 3.63) is 35.1 Å². The molecule has 0 aliphatic carbocycles. The Bertz CT molecular complexity index is 491. The maximum atomic E-state index is 13.8. The zero-order chi connectivity index (χ0) is 16.5. The van der Waals surface area contributed by atoms with Crippen LogP contribution in [0.4, 0.5) is 13.2 Å². The molecule has 0 aromatic heterocycles. The van der Waals surface area contributed by atoms with Gasteiger partial charge in [-0.25, -0.2) is 13.2 Å². The predicted molar refractivity (Wildman–Crippen MR) is 81.3 cm³/mol. The maximum Gasteiger partial charge on any atom is 0.256 e. The second-order valence-electron chi connectivity index (χ2n) is 5.43. The van der Waals surface area contributed by atoms with E-state index >= 15 is 0 Å². The fourth-order valence-electron chi connectivity index (χ4n) is 2.25. The summed E-state index contributed by atoms with van der Waals surface area (Å²) in [6.45, 7) is 5.10. The molecule has 0 heterocycles. The zero-order valence-corrected chi connectivity index (χ0v) is 13.3. The van der Waals surface area contributed by atoms with Crippen LogP contribution < -0.4 is 0 Å². The lowest BCUT2D eigenvalue weighted by Crippen LogP contribution is -2.33. The summed E-state index contributed by atoms with van der Waals surface area (Å²) in [5.74, 6) is -4.84. The molecule has 0 fully saturated rings. The van der Waals surface area contributed by atoms with Gasteiger partial charge in [-0.2, -0.15) is 0 Å². The number of carbonyl (C=O) groups excluding carboxylic acids is 1. The van der Waals surface area contributed by atoms with Crippen molar-refractivity contribution in [1.29, 1.82) is 0 Å². The van der Waals surface area contributed by atoms with E-state index in [0.29, 0.717) is 13.1 Å². The number of rotatable bonds is 9. The van der Waals surface area contributed by atoms with E-state index in [9.17, 15) is 18.0 Å². The number of nitrogens with zero attached hydrogens (tertiary/aromatic N) is 1. The Hall–Kier alpha value is -1.52. The molecule has 0 spiro atoms. The third-order valence-electron chi connectivity index (χ3n) is 3.62. The molecule has 1 rings (SSSR count). The first kappa shape index (κ1) is 18.5. The molecule has 1 aromatic carbocycles. The van der Waals surface area contributed by atoms with Crippen molar-refractivity contribution in [3.8, 4) is 0 Å². The molecule has 0 atom stereocenters. The lowest BCUT2D eigenvalue weighted by Gasteiger charge is -2.23. The van der Waals surface area contributed by atoms with Gasteiger partial charge in [-0.15, -0.1) is 0 Å². The zero-order valence-electron chi connectivity index (χ0n) is 13.3. The third-order valence-corrected chi connectivity index (χ3v) is 3.62. The second kappa shape index (κ2) is 9.49. The average Bonchev–Trinajstić information content (AvgIpc) is 2.51. The Balaban J connectivity index is 2.84. The molecular formula is C17H24F3NO. The Kier molecular flexibility index (Phi) is 7.99. The van der Waals surface area contributed by atoms with Crippen molar-refractivity contribution in [1.82, 2.24) is 4.90 Å². The highest BCUT2D eigenvalue weighted by Gasteiger charge is 2.22. The number of benzene rings is 1. The van der Waals surface area contributed by atoms with Crippen LogP contribution in [0.1, 0.15) is 62.7 Å². The second-order valence-corrected chi connectivity index (χ2v) is 5.43. The van der Waals surface area contributed by atoms with Gasteiger partial charge in [-0.3, -0.25) is 4.79 Å². The lowest BCUT2D eigenvalue weighted by atomic mass is 10.1. The van der Waals surface area contributed by atoms with Gasteiger partial charge in [0.1, 0.15) is 0 Å². The molecule has 0 radical (unpaired) electrons. The van der Waals surface area contributed by atoms with Crippen molar-refractivity contribution in [3.63, 3.8) is 0 Å². The van der Waals surface area contributed by atoms with Crippen molar-refractivity contribution in [2.45, 2.75) is 52.4 Å². The van der Waals surface area contributed by atoms with Crippen molar-refractivity contribution < 1.29 is 18.0 Å². The highest BCUT2D eigenvalue weighted by atomic mass is 19.2. The predicted octanol–water partition coefficient (Wildman–Crippen LogP) is 4.93. The van der Waals surface area contributed by atoms with E-state index in [1.165, 1.54) is 4.90 Å². The first-order valence-corrected chi connectivity index (χ1v) is 7.95. The van der Waals surface area contributed by atoms with Gasteiger partial charge < -0.3 is 4.90 Å². The minimum absolute atomic E-state index is 0.398. The molecule has 0 N–H and O–H groups in total. The highest BCUT2D eigenvalue weighted by Crippen LogP contribution is 2.18. The number of hydrogen-bond acceptors (Lipinski definition) is 1. The van der Waals surface area contributed by atoms with E-state index in [1.807, 2.05) is 6.92 Å². The molecule has 0 saturated carbocycles. The van der Waals surface area contributed by atoms with Gasteiger partial charge >= 0.3 is 0 Å². The highest BCUT2D eigenvalue weighted by molar-refractivity contribution is 5.94. The van der Waals surface area contributed by atoms with Crippen LogP contribution in [0.25, 0.3) is 0 Å². The van der Waals surface area contributed by atoms with Crippen LogP contribution in [0.15, 0.2) is 12.1 Å². The van der Waals surface area contributed by atoms with Gasteiger partial charge in [0.25, 0.3) is 5.91 Å². The Morgan fingerprint density at radius 3 is 2.18 bits per heavy atom. The summed E-state index contributed by atoms with van der Waals surface area (Å²) in [6, 6.07) is 1.81. The average molecular weight is 315 g/mol. The lowest BCUT2D eigenvalue weighted by molar-refractivity contribution is 0.0744. The third kappa shape index (κ3) is 5.04. The summed E-state index contributed by atoms with van der Waals surface area (Å²) >= 11 is 0. The molecule has 1 amide bonds. The summed E-state index contributed by atoms with van der Waals surface area (Å²) in [5, 5.41) is 0. The van der Waals surface area contributed by atoms with Crippen molar-refractivity contribution >= 4 is 5.91 Å². The molecule has 0 saturated heterocycles.